The maximum atomic E-state index is 14.1. The number of halogens is 4. The van der Waals surface area contributed by atoms with E-state index in [1.165, 1.54) is 87.9 Å². The van der Waals surface area contributed by atoms with Gasteiger partial charge < -0.3 is 29.7 Å². The summed E-state index contributed by atoms with van der Waals surface area (Å²) in [4.78, 5) is 96.0. The van der Waals surface area contributed by atoms with Gasteiger partial charge in [-0.1, -0.05) is 35.4 Å². The standard InChI is InChI=1S/C24H24FN5.C23H24N6.C22H21ClN6.C22H21FN6.C21H19FN6O/c1-17-3-6-19(7-4-17)30-21-16-26-12-9-20(21)28-23(30)18-5-8-22(27-15-18)29-13-10-24(2,25)11-14-29;1-16-6-7-21(25-13-16)29-20-15-24-9-8-19(20)27-23(29)18-14-26-22(12-17(18)2)28-10-4-3-5-11-28;2*1-15-11-21(28-9-3-2-4-10-28)26-13-17(15)22-27-18-7-8-24-14-19(18)29(22)20-6-5-16(23)12-25-20;22-15-2-4-20(25-12-15)28-18-13-23-8-5-17(18)27-21(28)14-1-3-19(24-11-14)26-16-6-9-29-10-7-16/h3-9,12,15-16H,10-11,13-14H2,1-2H3;6-9,12-15H,3-5,10-11H2,1-2H3;2*5-8,11-14H,2-4,9-10H2,1H3;1-5,8,11-13,16H,6-7,9-10H2,(H,24,26). The van der Waals surface area contributed by atoms with Gasteiger partial charge in [0.15, 0.2) is 0 Å². The highest BCUT2D eigenvalue weighted by Gasteiger charge is 2.32. The molecule has 5 saturated heterocycles. The molecule has 1 N–H and O–H groups in total. The molecule has 5 aliphatic heterocycles. The molecule has 25 rings (SSSR count). The van der Waals surface area contributed by atoms with Crippen molar-refractivity contribution in [3.05, 3.63) is 308 Å². The number of imidazole rings is 5. The number of nitrogens with zero attached hydrogens (tertiary/aromatic N) is 28. The van der Waals surface area contributed by atoms with E-state index in [2.05, 4.69) is 165 Å². The average Bonchev–Trinajstić information content (AvgIpc) is 1.59. The van der Waals surface area contributed by atoms with E-state index in [0.717, 1.165) is 240 Å². The maximum absolute atomic E-state index is 14.1. The molecule has 0 amide bonds. The molecular formula is C112H109ClF3N29O. The minimum absolute atomic E-state index is 0.374. The molecule has 20 aromatic rings. The first-order valence-electron chi connectivity index (χ1n) is 49.7. The average molecular weight is 1970 g/mol. The summed E-state index contributed by atoms with van der Waals surface area (Å²) in [6, 6.07) is 46.6. The summed E-state index contributed by atoms with van der Waals surface area (Å²) < 4.78 is 56.3. The highest BCUT2D eigenvalue weighted by atomic mass is 35.5. The quantitative estimate of drug-likeness (QED) is 0.0939. The Balaban J connectivity index is 0.000000107. The Hall–Kier alpha value is -16.3. The lowest BCUT2D eigenvalue weighted by molar-refractivity contribution is 0.0904. The van der Waals surface area contributed by atoms with Gasteiger partial charge in [-0.15, -0.1) is 0 Å². The van der Waals surface area contributed by atoms with Gasteiger partial charge in [-0.3, -0.25) is 47.8 Å². The molecule has 0 bridgehead atoms. The van der Waals surface area contributed by atoms with E-state index in [-0.39, 0.29) is 11.6 Å². The Morgan fingerprint density at radius 1 is 0.322 bits per heavy atom. The normalized spacial score (nSPS) is 14.9. The van der Waals surface area contributed by atoms with Crippen molar-refractivity contribution in [1.82, 2.24) is 118 Å². The van der Waals surface area contributed by atoms with Crippen LogP contribution in [0.4, 0.5) is 42.3 Å². The van der Waals surface area contributed by atoms with E-state index in [0.29, 0.717) is 54.5 Å². The first kappa shape index (κ1) is 95.9. The van der Waals surface area contributed by atoms with Crippen LogP contribution in [0.1, 0.15) is 118 Å². The second-order valence-corrected chi connectivity index (χ2v) is 38.1. The van der Waals surface area contributed by atoms with Crippen LogP contribution in [-0.2, 0) is 4.74 Å². The Labute approximate surface area is 847 Å². The molecule has 0 saturated carbocycles. The SMILES string of the molecule is Cc1cc(N2CCCCC2)ncc1-c1nc2ccncc2n1-c1ccc(Cl)cn1.Cc1cc(N2CCCCC2)ncc1-c1nc2ccncc2n1-c1ccc(F)cn1.Cc1ccc(-n2c(-c3ccc(N4CCC(C)(F)CC4)nc3)nc3ccncc32)cc1.Cc1ccc(-n2c(-c3cnc(N4CCCCC4)cc3C)nc3ccncc32)nc1.Fc1ccc(-n2c(-c3ccc(NC4CCOCC4)nc3)nc3ccncc32)nc1. The fourth-order valence-corrected chi connectivity index (χ4v) is 19.4. The predicted octanol–water partition coefficient (Wildman–Crippen LogP) is 22.4. The summed E-state index contributed by atoms with van der Waals surface area (Å²) in [5.41, 5.74) is 19.1. The minimum Gasteiger partial charge on any atom is -0.381 e. The lowest BCUT2D eigenvalue weighted by Gasteiger charge is -2.34. The zero-order valence-corrected chi connectivity index (χ0v) is 82.9. The van der Waals surface area contributed by atoms with Crippen molar-refractivity contribution in [3.63, 3.8) is 0 Å². The van der Waals surface area contributed by atoms with Gasteiger partial charge in [-0.25, -0.2) is 82.9 Å². The van der Waals surface area contributed by atoms with Crippen molar-refractivity contribution in [1.29, 1.82) is 0 Å². The van der Waals surface area contributed by atoms with Crippen LogP contribution in [-0.4, -0.2) is 195 Å². The second kappa shape index (κ2) is 43.1. The number of aryl methyl sites for hydroxylation is 5. The Kier molecular flexibility index (Phi) is 28.3. The van der Waals surface area contributed by atoms with Crippen molar-refractivity contribution < 1.29 is 17.9 Å². The second-order valence-electron chi connectivity index (χ2n) is 37.7. The van der Waals surface area contributed by atoms with E-state index in [4.69, 9.17) is 56.2 Å². The molecule has 0 spiro atoms. The van der Waals surface area contributed by atoms with Gasteiger partial charge in [0.1, 0.15) is 98.8 Å². The Morgan fingerprint density at radius 3 is 1.03 bits per heavy atom. The van der Waals surface area contributed by atoms with E-state index in [1.54, 1.807) is 74.8 Å². The van der Waals surface area contributed by atoms with Crippen molar-refractivity contribution >= 4 is 95.9 Å². The maximum Gasteiger partial charge on any atom is 0.148 e. The minimum atomic E-state index is -1.07. The third kappa shape index (κ3) is 21.1. The van der Waals surface area contributed by atoms with Gasteiger partial charge in [-0.2, -0.15) is 0 Å². The lowest BCUT2D eigenvalue weighted by atomic mass is 9.96. The van der Waals surface area contributed by atoms with Gasteiger partial charge in [0.25, 0.3) is 0 Å². The number of pyridine rings is 14. The molecule has 19 aromatic heterocycles. The molecule has 24 heterocycles. The summed E-state index contributed by atoms with van der Waals surface area (Å²) in [7, 11) is 0. The molecule has 0 atom stereocenters. The highest BCUT2D eigenvalue weighted by molar-refractivity contribution is 6.30. The van der Waals surface area contributed by atoms with E-state index in [9.17, 15) is 13.2 Å². The number of hydrogen-bond donors (Lipinski definition) is 1. The van der Waals surface area contributed by atoms with Gasteiger partial charge in [-0.05, 0) is 275 Å². The molecular weight excluding hydrogens is 1860 g/mol. The van der Waals surface area contributed by atoms with Crippen LogP contribution in [0.15, 0.2) is 263 Å². The topological polar surface area (TPSA) is 304 Å². The summed E-state index contributed by atoms with van der Waals surface area (Å²) in [6.45, 7) is 21.5. The van der Waals surface area contributed by atoms with Crippen LogP contribution >= 0.6 is 11.6 Å². The van der Waals surface area contributed by atoms with Crippen molar-refractivity contribution in [3.8, 4) is 85.9 Å². The van der Waals surface area contributed by atoms with Crippen LogP contribution in [0.25, 0.3) is 141 Å². The monoisotopic (exact) mass is 1970 g/mol. The van der Waals surface area contributed by atoms with Crippen LogP contribution in [0.2, 0.25) is 5.02 Å². The molecule has 736 valence electrons. The summed E-state index contributed by atoms with van der Waals surface area (Å²) in [5.74, 6) is 10.7. The van der Waals surface area contributed by atoms with Crippen molar-refractivity contribution in [2.75, 3.05) is 90.5 Å². The number of benzene rings is 1. The number of hydrogen-bond acceptors (Lipinski definition) is 25. The fraction of sp³-hybridized carbons (Fsp3) is 0.277. The lowest BCUT2D eigenvalue weighted by Crippen LogP contribution is -2.40. The molecule has 146 heavy (non-hydrogen) atoms. The van der Waals surface area contributed by atoms with E-state index >= 15 is 0 Å². The van der Waals surface area contributed by atoms with Gasteiger partial charge in [0.05, 0.1) is 104 Å². The molecule has 5 fully saturated rings. The zero-order valence-electron chi connectivity index (χ0n) is 82.1. The highest BCUT2D eigenvalue weighted by Crippen LogP contribution is 2.39. The number of rotatable bonds is 16. The molecule has 30 nitrogen and oxygen atoms in total. The van der Waals surface area contributed by atoms with Crippen molar-refractivity contribution in [2.24, 2.45) is 0 Å². The number of anilines is 5. The smallest absolute Gasteiger partial charge is 0.148 e. The number of ether oxygens (including phenoxy) is 1. The van der Waals surface area contributed by atoms with Gasteiger partial charge in [0, 0.05) is 179 Å². The first-order chi connectivity index (χ1) is 71.4. The molecule has 0 unspecified atom stereocenters. The van der Waals surface area contributed by atoms with Crippen LogP contribution in [0.5, 0.6) is 0 Å². The molecule has 1 aromatic carbocycles. The van der Waals surface area contributed by atoms with E-state index < -0.39 is 5.67 Å². The van der Waals surface area contributed by atoms with Crippen LogP contribution in [0.3, 0.4) is 0 Å². The predicted molar refractivity (Wildman–Crippen MR) is 567 cm³/mol. The molecule has 34 heteroatoms. The summed E-state index contributed by atoms with van der Waals surface area (Å²) >= 11 is 6.05. The third-order valence-electron chi connectivity index (χ3n) is 27.3. The zero-order chi connectivity index (χ0) is 99.7. The number of piperidine rings is 4. The number of nitrogens with one attached hydrogen (secondary N) is 1. The summed E-state index contributed by atoms with van der Waals surface area (Å²) in [5, 5.41) is 4.05. The number of alkyl halides is 1. The fourth-order valence-electron chi connectivity index (χ4n) is 19.3. The Morgan fingerprint density at radius 2 is 0.664 bits per heavy atom. The Bertz CT molecular complexity index is 7500. The van der Waals surface area contributed by atoms with Gasteiger partial charge >= 0.3 is 0 Å². The third-order valence-corrected chi connectivity index (χ3v) is 27.5. The van der Waals surface area contributed by atoms with Crippen LogP contribution in [0, 0.1) is 46.3 Å². The first-order valence-corrected chi connectivity index (χ1v) is 50.1. The molecule has 0 radical (unpaired) electrons. The number of fused-ring (bicyclic) bond motifs is 5. The van der Waals surface area contributed by atoms with E-state index in [1.807, 2.05) is 143 Å². The molecule has 0 aliphatic carbocycles. The van der Waals surface area contributed by atoms with Crippen LogP contribution < -0.4 is 24.9 Å². The summed E-state index contributed by atoms with van der Waals surface area (Å²) in [6.07, 6.45) is 47.3. The van der Waals surface area contributed by atoms with Crippen molar-refractivity contribution in [2.45, 2.75) is 137 Å². The number of aromatic nitrogens is 24. The van der Waals surface area contributed by atoms with Gasteiger partial charge in [0.2, 0.25) is 0 Å². The largest absolute Gasteiger partial charge is 0.381 e. The molecule has 5 aliphatic rings.